The molecule has 7 heteroatoms. The smallest absolute Gasteiger partial charge is 0.262 e. The number of aromatic amines is 2. The molecule has 0 aliphatic carbocycles. The van der Waals surface area contributed by atoms with E-state index in [4.69, 9.17) is 0 Å². The second-order valence-corrected chi connectivity index (χ2v) is 6.98. The number of benzene rings is 1. The maximum Gasteiger partial charge on any atom is 0.262 e. The highest BCUT2D eigenvalue weighted by atomic mass is 16.1. The first-order chi connectivity index (χ1) is 12.6. The number of nitrogens with one attached hydrogen (secondary N) is 2. The average Bonchev–Trinajstić information content (AvgIpc) is 3.19. The number of fused-ring (bicyclic) bond motifs is 4. The van der Waals surface area contributed by atoms with Gasteiger partial charge in [-0.25, -0.2) is 4.98 Å². The van der Waals surface area contributed by atoms with Crippen molar-refractivity contribution in [3.8, 4) is 0 Å². The maximum absolute atomic E-state index is 12.3. The van der Waals surface area contributed by atoms with E-state index in [1.165, 1.54) is 22.2 Å². The van der Waals surface area contributed by atoms with Gasteiger partial charge < -0.3 is 9.97 Å². The van der Waals surface area contributed by atoms with E-state index in [1.807, 2.05) is 0 Å². The van der Waals surface area contributed by atoms with Crippen LogP contribution in [0.25, 0.3) is 21.9 Å². The number of nitrogens with zero attached hydrogens (tertiary/aromatic N) is 4. The first-order valence-corrected chi connectivity index (χ1v) is 8.86. The van der Waals surface area contributed by atoms with Crippen molar-refractivity contribution in [3.63, 3.8) is 0 Å². The van der Waals surface area contributed by atoms with Crippen LogP contribution in [0.15, 0.2) is 35.3 Å². The first kappa shape index (κ1) is 15.3. The lowest BCUT2D eigenvalue weighted by molar-refractivity contribution is 0.182. The lowest BCUT2D eigenvalue weighted by Gasteiger charge is -2.33. The van der Waals surface area contributed by atoms with Gasteiger partial charge in [0.2, 0.25) is 0 Å². The topological polar surface area (TPSA) is 82.6 Å². The highest BCUT2D eigenvalue weighted by Gasteiger charge is 2.27. The summed E-state index contributed by atoms with van der Waals surface area (Å²) in [6.45, 7) is 3.74. The normalized spacial score (nSPS) is 17.8. The summed E-state index contributed by atoms with van der Waals surface area (Å²) in [6.07, 6.45) is 2.55. The number of H-pyrrole nitrogens is 2. The quantitative estimate of drug-likeness (QED) is 0.582. The third-order valence-corrected chi connectivity index (χ3v) is 5.46. The Morgan fingerprint density at radius 3 is 2.96 bits per heavy atom. The molecule has 4 heterocycles. The van der Waals surface area contributed by atoms with Crippen LogP contribution in [0, 0.1) is 0 Å². The van der Waals surface area contributed by atoms with Gasteiger partial charge in [-0.05, 0) is 25.0 Å². The Morgan fingerprint density at radius 2 is 2.08 bits per heavy atom. The molecule has 132 valence electrons. The van der Waals surface area contributed by atoms with Crippen LogP contribution in [0.1, 0.15) is 30.0 Å². The zero-order chi connectivity index (χ0) is 17.8. The van der Waals surface area contributed by atoms with Crippen LogP contribution in [0.4, 0.5) is 0 Å². The fraction of sp³-hybridized carbons (Fsp3) is 0.316. The Bertz CT molecular complexity index is 1180. The molecule has 0 spiro atoms. The molecule has 2 N–H and O–H groups in total. The molecule has 7 nitrogen and oxygen atoms in total. The van der Waals surface area contributed by atoms with E-state index in [2.05, 4.69) is 56.1 Å². The van der Waals surface area contributed by atoms with E-state index in [9.17, 15) is 4.79 Å². The second kappa shape index (κ2) is 5.54. The SMILES string of the molecule is CC1c2[nH]c3ccccc3c2CCN1Cc1nc2c(cnn2C)c(=O)[nH]1. The minimum Gasteiger partial charge on any atom is -0.357 e. The molecule has 1 aliphatic rings. The van der Waals surface area contributed by atoms with Crippen LogP contribution >= 0.6 is 0 Å². The summed E-state index contributed by atoms with van der Waals surface area (Å²) >= 11 is 0. The molecule has 1 unspecified atom stereocenters. The number of rotatable bonds is 2. The largest absolute Gasteiger partial charge is 0.357 e. The molecular formula is C19H20N6O. The number of hydrogen-bond donors (Lipinski definition) is 2. The Balaban J connectivity index is 1.50. The minimum atomic E-state index is -0.130. The molecule has 5 rings (SSSR count). The van der Waals surface area contributed by atoms with E-state index >= 15 is 0 Å². The molecule has 0 radical (unpaired) electrons. The van der Waals surface area contributed by atoms with Gasteiger partial charge in [0.15, 0.2) is 5.65 Å². The molecule has 0 amide bonds. The average molecular weight is 348 g/mol. The molecule has 1 aliphatic heterocycles. The van der Waals surface area contributed by atoms with Gasteiger partial charge in [-0.1, -0.05) is 18.2 Å². The lowest BCUT2D eigenvalue weighted by Crippen LogP contribution is -2.34. The number of aromatic nitrogens is 5. The van der Waals surface area contributed by atoms with Crippen LogP contribution in [0.3, 0.4) is 0 Å². The summed E-state index contributed by atoms with van der Waals surface area (Å²) in [6, 6.07) is 8.69. The van der Waals surface area contributed by atoms with Gasteiger partial charge in [-0.15, -0.1) is 0 Å². The van der Waals surface area contributed by atoms with Crippen LogP contribution in [-0.2, 0) is 20.0 Å². The van der Waals surface area contributed by atoms with E-state index in [0.29, 0.717) is 23.4 Å². The van der Waals surface area contributed by atoms with Crippen LogP contribution in [0.5, 0.6) is 0 Å². The number of hydrogen-bond acceptors (Lipinski definition) is 4. The Kier molecular flexibility index (Phi) is 3.27. The molecule has 26 heavy (non-hydrogen) atoms. The van der Waals surface area contributed by atoms with Gasteiger partial charge in [-0.2, -0.15) is 5.10 Å². The van der Waals surface area contributed by atoms with Crippen LogP contribution < -0.4 is 5.56 Å². The Hall–Kier alpha value is -2.93. The van der Waals surface area contributed by atoms with E-state index in [0.717, 1.165) is 13.0 Å². The highest BCUT2D eigenvalue weighted by Crippen LogP contribution is 2.34. The van der Waals surface area contributed by atoms with Crippen molar-refractivity contribution in [1.82, 2.24) is 29.6 Å². The molecule has 0 bridgehead atoms. The van der Waals surface area contributed by atoms with Gasteiger partial charge in [0, 0.05) is 36.2 Å². The highest BCUT2D eigenvalue weighted by molar-refractivity contribution is 5.85. The van der Waals surface area contributed by atoms with Crippen molar-refractivity contribution in [2.45, 2.75) is 25.9 Å². The van der Waals surface area contributed by atoms with E-state index in [1.54, 1.807) is 17.9 Å². The second-order valence-electron chi connectivity index (χ2n) is 6.98. The number of para-hydroxylation sites is 1. The standard InChI is InChI=1S/C19H20N6O/c1-11-17-13(12-5-3-4-6-15(12)21-17)7-8-25(11)10-16-22-18-14(19(26)23-16)9-20-24(18)2/h3-6,9,11,21H,7-8,10H2,1-2H3,(H,22,23,26). The first-order valence-electron chi connectivity index (χ1n) is 8.86. The third-order valence-electron chi connectivity index (χ3n) is 5.46. The van der Waals surface area contributed by atoms with Crippen molar-refractivity contribution in [2.24, 2.45) is 7.05 Å². The molecule has 1 aromatic carbocycles. The molecule has 1 atom stereocenters. The predicted octanol–water partition coefficient (Wildman–Crippen LogP) is 2.26. The van der Waals surface area contributed by atoms with Gasteiger partial charge in [0.25, 0.3) is 5.56 Å². The molecule has 3 aromatic heterocycles. The fourth-order valence-corrected chi connectivity index (χ4v) is 4.04. The number of aryl methyl sites for hydroxylation is 1. The monoisotopic (exact) mass is 348 g/mol. The van der Waals surface area contributed by atoms with Gasteiger partial charge in [0.05, 0.1) is 12.7 Å². The summed E-state index contributed by atoms with van der Waals surface area (Å²) in [5.41, 5.74) is 4.36. The summed E-state index contributed by atoms with van der Waals surface area (Å²) in [4.78, 5) is 25.7. The molecule has 0 fully saturated rings. The molecule has 4 aromatic rings. The zero-order valence-electron chi connectivity index (χ0n) is 14.8. The summed E-state index contributed by atoms with van der Waals surface area (Å²) in [7, 11) is 1.80. The third kappa shape index (κ3) is 2.20. The van der Waals surface area contributed by atoms with Crippen LogP contribution in [0.2, 0.25) is 0 Å². The summed E-state index contributed by atoms with van der Waals surface area (Å²) in [5, 5.41) is 5.97. The summed E-state index contributed by atoms with van der Waals surface area (Å²) in [5.74, 6) is 0.678. The van der Waals surface area contributed by atoms with Crippen molar-refractivity contribution in [2.75, 3.05) is 6.54 Å². The van der Waals surface area contributed by atoms with Crippen molar-refractivity contribution >= 4 is 21.9 Å². The van der Waals surface area contributed by atoms with Crippen molar-refractivity contribution in [1.29, 1.82) is 0 Å². The molecular weight excluding hydrogens is 328 g/mol. The van der Waals surface area contributed by atoms with Crippen molar-refractivity contribution in [3.05, 3.63) is 57.9 Å². The molecule has 0 saturated carbocycles. The summed E-state index contributed by atoms with van der Waals surface area (Å²) < 4.78 is 1.64. The Labute approximate surface area is 149 Å². The molecule has 0 saturated heterocycles. The van der Waals surface area contributed by atoms with E-state index < -0.39 is 0 Å². The maximum atomic E-state index is 12.3. The van der Waals surface area contributed by atoms with Gasteiger partial charge >= 0.3 is 0 Å². The fourth-order valence-electron chi connectivity index (χ4n) is 4.04. The minimum absolute atomic E-state index is 0.130. The van der Waals surface area contributed by atoms with Crippen LogP contribution in [-0.4, -0.2) is 36.2 Å². The van der Waals surface area contributed by atoms with Gasteiger partial charge in [-0.3, -0.25) is 14.4 Å². The Morgan fingerprint density at radius 1 is 1.23 bits per heavy atom. The van der Waals surface area contributed by atoms with Gasteiger partial charge in [0.1, 0.15) is 11.2 Å². The van der Waals surface area contributed by atoms with Crippen molar-refractivity contribution < 1.29 is 0 Å². The zero-order valence-corrected chi connectivity index (χ0v) is 14.8. The van der Waals surface area contributed by atoms with E-state index in [-0.39, 0.29) is 11.6 Å². The predicted molar refractivity (Wildman–Crippen MR) is 100.0 cm³/mol. The lowest BCUT2D eigenvalue weighted by atomic mass is 9.98.